The molecule has 19 heavy (non-hydrogen) atoms. The van der Waals surface area contributed by atoms with Gasteiger partial charge in [0.15, 0.2) is 0 Å². The Balaban J connectivity index is 2.15. The molecule has 0 saturated heterocycles. The third-order valence-electron chi connectivity index (χ3n) is 4.10. The van der Waals surface area contributed by atoms with Crippen molar-refractivity contribution >= 4 is 16.9 Å². The number of carbonyl (C=O) groups is 1. The van der Waals surface area contributed by atoms with Crippen molar-refractivity contribution in [2.45, 2.75) is 38.0 Å². The van der Waals surface area contributed by atoms with Crippen LogP contribution in [-0.4, -0.2) is 18.1 Å². The van der Waals surface area contributed by atoms with Gasteiger partial charge in [-0.1, -0.05) is 31.0 Å². The summed E-state index contributed by atoms with van der Waals surface area (Å²) in [4.78, 5) is 15.5. The molecule has 0 aliphatic heterocycles. The van der Waals surface area contributed by atoms with E-state index in [1.807, 2.05) is 6.07 Å². The number of H-pyrrole nitrogens is 1. The summed E-state index contributed by atoms with van der Waals surface area (Å²) < 4.78 is 4.98. The van der Waals surface area contributed by atoms with Gasteiger partial charge in [-0.3, -0.25) is 4.79 Å². The first-order valence-electron chi connectivity index (χ1n) is 6.98. The number of esters is 1. The number of ether oxygens (including phenoxy) is 1. The van der Waals surface area contributed by atoms with Crippen LogP contribution >= 0.6 is 0 Å². The van der Waals surface area contributed by atoms with Gasteiger partial charge in [0.25, 0.3) is 0 Å². The van der Waals surface area contributed by atoms with E-state index in [0.717, 1.165) is 30.5 Å². The summed E-state index contributed by atoms with van der Waals surface area (Å²) in [7, 11) is 1.48. The molecule has 1 aliphatic carbocycles. The fourth-order valence-electron chi connectivity index (χ4n) is 3.14. The number of fused-ring (bicyclic) bond motifs is 3. The van der Waals surface area contributed by atoms with Crippen LogP contribution in [0.25, 0.3) is 10.9 Å². The molecule has 0 amide bonds. The zero-order valence-corrected chi connectivity index (χ0v) is 11.2. The van der Waals surface area contributed by atoms with E-state index >= 15 is 0 Å². The molecule has 1 heterocycles. The summed E-state index contributed by atoms with van der Waals surface area (Å²) in [5.74, 6) is -0.248. The molecule has 100 valence electrons. The van der Waals surface area contributed by atoms with Crippen molar-refractivity contribution in [1.82, 2.24) is 4.98 Å². The van der Waals surface area contributed by atoms with Crippen molar-refractivity contribution in [3.05, 3.63) is 35.5 Å². The first-order chi connectivity index (χ1) is 9.31. The van der Waals surface area contributed by atoms with E-state index in [2.05, 4.69) is 23.2 Å². The Morgan fingerprint density at radius 2 is 2.11 bits per heavy atom. The van der Waals surface area contributed by atoms with E-state index in [4.69, 9.17) is 4.74 Å². The predicted molar refractivity (Wildman–Crippen MR) is 75.2 cm³/mol. The van der Waals surface area contributed by atoms with Crippen LogP contribution in [0.15, 0.2) is 24.3 Å². The van der Waals surface area contributed by atoms with Gasteiger partial charge in [0, 0.05) is 16.6 Å². The van der Waals surface area contributed by atoms with Crippen LogP contribution in [0.2, 0.25) is 0 Å². The Hall–Kier alpha value is -1.77. The van der Waals surface area contributed by atoms with Crippen molar-refractivity contribution in [3.8, 4) is 0 Å². The fourth-order valence-corrected chi connectivity index (χ4v) is 3.14. The average molecular weight is 257 g/mol. The zero-order valence-electron chi connectivity index (χ0n) is 11.2. The van der Waals surface area contributed by atoms with Gasteiger partial charge in [0.2, 0.25) is 0 Å². The van der Waals surface area contributed by atoms with Crippen LogP contribution in [0.3, 0.4) is 0 Å². The number of para-hydroxylation sites is 1. The third kappa shape index (κ3) is 2.14. The maximum atomic E-state index is 12.0. The van der Waals surface area contributed by atoms with Gasteiger partial charge in [0.1, 0.15) is 0 Å². The monoisotopic (exact) mass is 257 g/mol. The highest BCUT2D eigenvalue weighted by atomic mass is 16.5. The minimum atomic E-state index is -0.132. The largest absolute Gasteiger partial charge is 0.469 e. The van der Waals surface area contributed by atoms with Gasteiger partial charge in [-0.15, -0.1) is 0 Å². The summed E-state index contributed by atoms with van der Waals surface area (Å²) in [5, 5.41) is 1.26. The lowest BCUT2D eigenvalue weighted by atomic mass is 9.89. The lowest BCUT2D eigenvalue weighted by Gasteiger charge is -2.18. The van der Waals surface area contributed by atoms with Crippen LogP contribution in [-0.2, 0) is 16.0 Å². The van der Waals surface area contributed by atoms with Gasteiger partial charge in [0.05, 0.1) is 13.0 Å². The molecule has 1 unspecified atom stereocenters. The number of nitrogens with one attached hydrogen (secondary N) is 1. The number of carbonyl (C=O) groups excluding carboxylic acids is 1. The molecule has 0 fully saturated rings. The molecule has 1 aromatic carbocycles. The van der Waals surface area contributed by atoms with Crippen LogP contribution in [0.1, 0.15) is 42.9 Å². The Kier molecular flexibility index (Phi) is 3.28. The van der Waals surface area contributed by atoms with E-state index < -0.39 is 0 Å². The molecule has 0 spiro atoms. The number of benzene rings is 1. The van der Waals surface area contributed by atoms with Crippen molar-refractivity contribution in [2.75, 3.05) is 7.11 Å². The van der Waals surface area contributed by atoms with Gasteiger partial charge in [-0.05, 0) is 30.9 Å². The quantitative estimate of drug-likeness (QED) is 0.794. The first kappa shape index (κ1) is 12.3. The molecule has 0 saturated carbocycles. The Bertz CT molecular complexity index is 600. The zero-order chi connectivity index (χ0) is 13.2. The van der Waals surface area contributed by atoms with Gasteiger partial charge < -0.3 is 9.72 Å². The molecule has 1 atom stereocenters. The molecule has 1 aromatic heterocycles. The second kappa shape index (κ2) is 5.08. The van der Waals surface area contributed by atoms with Crippen LogP contribution < -0.4 is 0 Å². The fraction of sp³-hybridized carbons (Fsp3) is 0.438. The topological polar surface area (TPSA) is 42.1 Å². The molecule has 3 heteroatoms. The second-order valence-electron chi connectivity index (χ2n) is 5.24. The number of rotatable bonds is 1. The standard InChI is InChI=1S/C16H19NO2/c1-19-16(18)13-9-4-2-3-8-12-11-7-5-6-10-14(11)17-15(12)13/h5-7,10,13,17H,2-4,8-9H2,1H3. The first-order valence-corrected chi connectivity index (χ1v) is 6.98. The van der Waals surface area contributed by atoms with Gasteiger partial charge in [-0.25, -0.2) is 0 Å². The minimum absolute atomic E-state index is 0.116. The van der Waals surface area contributed by atoms with E-state index in [1.54, 1.807) is 0 Å². The number of hydrogen-bond acceptors (Lipinski definition) is 2. The lowest BCUT2D eigenvalue weighted by molar-refractivity contribution is -0.142. The number of aromatic nitrogens is 1. The highest BCUT2D eigenvalue weighted by Gasteiger charge is 2.27. The van der Waals surface area contributed by atoms with Crippen LogP contribution in [0.5, 0.6) is 0 Å². The molecule has 1 N–H and O–H groups in total. The van der Waals surface area contributed by atoms with Crippen molar-refractivity contribution in [1.29, 1.82) is 0 Å². The molecule has 3 rings (SSSR count). The number of aryl methyl sites for hydroxylation is 1. The van der Waals surface area contributed by atoms with Crippen molar-refractivity contribution in [2.24, 2.45) is 0 Å². The maximum absolute atomic E-state index is 12.0. The number of aromatic amines is 1. The summed E-state index contributed by atoms with van der Waals surface area (Å²) in [5.41, 5.74) is 3.52. The van der Waals surface area contributed by atoms with E-state index in [0.29, 0.717) is 0 Å². The Morgan fingerprint density at radius 3 is 2.95 bits per heavy atom. The van der Waals surface area contributed by atoms with E-state index in [9.17, 15) is 4.79 Å². The summed E-state index contributed by atoms with van der Waals surface area (Å²) in [6, 6.07) is 8.30. The molecule has 0 radical (unpaired) electrons. The summed E-state index contributed by atoms with van der Waals surface area (Å²) >= 11 is 0. The lowest BCUT2D eigenvalue weighted by Crippen LogP contribution is -2.17. The molecule has 0 bridgehead atoms. The predicted octanol–water partition coefficient (Wildman–Crippen LogP) is 3.54. The van der Waals surface area contributed by atoms with Crippen molar-refractivity contribution in [3.63, 3.8) is 0 Å². The van der Waals surface area contributed by atoms with Gasteiger partial charge in [-0.2, -0.15) is 0 Å². The van der Waals surface area contributed by atoms with Crippen LogP contribution in [0.4, 0.5) is 0 Å². The molecular formula is C16H19NO2. The minimum Gasteiger partial charge on any atom is -0.469 e. The maximum Gasteiger partial charge on any atom is 0.314 e. The molecule has 1 aliphatic rings. The summed E-state index contributed by atoms with van der Waals surface area (Å²) in [6.45, 7) is 0. The second-order valence-corrected chi connectivity index (χ2v) is 5.24. The smallest absolute Gasteiger partial charge is 0.314 e. The molecule has 2 aromatic rings. The van der Waals surface area contributed by atoms with Gasteiger partial charge >= 0.3 is 5.97 Å². The molecular weight excluding hydrogens is 238 g/mol. The highest BCUT2D eigenvalue weighted by molar-refractivity contribution is 5.88. The average Bonchev–Trinajstić information content (AvgIpc) is 2.76. The normalized spacial score (nSPS) is 19.5. The Morgan fingerprint density at radius 1 is 1.26 bits per heavy atom. The Labute approximate surface area is 113 Å². The molecule has 3 nitrogen and oxygen atoms in total. The van der Waals surface area contributed by atoms with Crippen LogP contribution in [0, 0.1) is 0 Å². The SMILES string of the molecule is COC(=O)C1CCCCCc2c1[nH]c1ccccc21. The van der Waals surface area contributed by atoms with E-state index in [1.165, 1.54) is 30.9 Å². The van der Waals surface area contributed by atoms with E-state index in [-0.39, 0.29) is 11.9 Å². The summed E-state index contributed by atoms with van der Waals surface area (Å²) in [6.07, 6.45) is 5.41. The number of hydrogen-bond donors (Lipinski definition) is 1. The third-order valence-corrected chi connectivity index (χ3v) is 4.10. The highest BCUT2D eigenvalue weighted by Crippen LogP contribution is 2.34. The number of methoxy groups -OCH3 is 1. The van der Waals surface area contributed by atoms with Crippen molar-refractivity contribution < 1.29 is 9.53 Å².